The number of Topliss-reactive ketones (excluding diaryl/α,β-unsaturated/α-hetero) is 1. The standard InChI is InChI=1S/C13H12F2O/c14-11-5-6-12(15)10(7-11)8-13(16)9-3-1-2-4-9/h3,5-7H,1-2,4,8H2. The topological polar surface area (TPSA) is 17.1 Å². The van der Waals surface area contributed by atoms with E-state index in [0.717, 1.165) is 43.0 Å². The molecular weight excluding hydrogens is 210 g/mol. The number of carbonyl (C=O) groups excluding carboxylic acids is 1. The Morgan fingerprint density at radius 3 is 2.81 bits per heavy atom. The maximum atomic E-state index is 13.3. The molecule has 16 heavy (non-hydrogen) atoms. The van der Waals surface area contributed by atoms with Gasteiger partial charge in [-0.05, 0) is 48.6 Å². The molecule has 0 radical (unpaired) electrons. The predicted octanol–water partition coefficient (Wildman–Crippen LogP) is 3.19. The predicted molar refractivity (Wildman–Crippen MR) is 57.0 cm³/mol. The Morgan fingerprint density at radius 1 is 1.31 bits per heavy atom. The van der Waals surface area contributed by atoms with E-state index in [1.807, 2.05) is 6.08 Å². The third-order valence-electron chi connectivity index (χ3n) is 2.76. The van der Waals surface area contributed by atoms with E-state index in [0.29, 0.717) is 0 Å². The van der Waals surface area contributed by atoms with Gasteiger partial charge in [0.25, 0.3) is 0 Å². The summed E-state index contributed by atoms with van der Waals surface area (Å²) >= 11 is 0. The SMILES string of the molecule is O=C(Cc1cc(F)ccc1F)C1=CCCC1. The molecule has 2 rings (SSSR count). The van der Waals surface area contributed by atoms with Crippen molar-refractivity contribution >= 4 is 5.78 Å². The van der Waals surface area contributed by atoms with E-state index >= 15 is 0 Å². The minimum absolute atomic E-state index is 0.0462. The molecule has 84 valence electrons. The lowest BCUT2D eigenvalue weighted by Crippen LogP contribution is -2.06. The summed E-state index contributed by atoms with van der Waals surface area (Å²) in [6.45, 7) is 0. The van der Waals surface area contributed by atoms with Crippen molar-refractivity contribution in [3.8, 4) is 0 Å². The van der Waals surface area contributed by atoms with Gasteiger partial charge in [-0.1, -0.05) is 6.08 Å². The van der Waals surface area contributed by atoms with Gasteiger partial charge in [-0.3, -0.25) is 4.79 Å². The van der Waals surface area contributed by atoms with E-state index in [2.05, 4.69) is 0 Å². The third kappa shape index (κ3) is 2.35. The molecule has 1 nitrogen and oxygen atoms in total. The number of carbonyl (C=O) groups is 1. The van der Waals surface area contributed by atoms with Crippen LogP contribution in [0.1, 0.15) is 24.8 Å². The molecule has 0 aliphatic heterocycles. The van der Waals surface area contributed by atoms with Crippen molar-refractivity contribution in [3.63, 3.8) is 0 Å². The van der Waals surface area contributed by atoms with Crippen molar-refractivity contribution in [3.05, 3.63) is 47.0 Å². The number of halogens is 2. The van der Waals surface area contributed by atoms with Crippen LogP contribution in [0.4, 0.5) is 8.78 Å². The van der Waals surface area contributed by atoms with Gasteiger partial charge in [0, 0.05) is 6.42 Å². The highest BCUT2D eigenvalue weighted by molar-refractivity contribution is 5.97. The molecule has 0 N–H and O–H groups in total. The lowest BCUT2D eigenvalue weighted by Gasteiger charge is -2.03. The van der Waals surface area contributed by atoms with E-state index < -0.39 is 11.6 Å². The second-order valence-electron chi connectivity index (χ2n) is 3.96. The summed E-state index contributed by atoms with van der Waals surface area (Å²) in [5.74, 6) is -1.13. The molecule has 0 heterocycles. The van der Waals surface area contributed by atoms with Crippen LogP contribution in [0.2, 0.25) is 0 Å². The molecule has 1 aromatic rings. The summed E-state index contributed by atoms with van der Waals surface area (Å²) in [6, 6.07) is 3.20. The van der Waals surface area contributed by atoms with E-state index in [9.17, 15) is 13.6 Å². The molecule has 0 atom stereocenters. The van der Waals surface area contributed by atoms with Crippen LogP contribution in [0.25, 0.3) is 0 Å². The molecule has 0 aromatic heterocycles. The molecule has 1 aliphatic rings. The second-order valence-corrected chi connectivity index (χ2v) is 3.96. The Labute approximate surface area is 92.8 Å². The molecule has 0 unspecified atom stereocenters. The number of rotatable bonds is 3. The Kier molecular flexibility index (Phi) is 3.13. The van der Waals surface area contributed by atoms with Crippen molar-refractivity contribution < 1.29 is 13.6 Å². The first kappa shape index (κ1) is 11.0. The molecule has 0 bridgehead atoms. The molecule has 0 saturated carbocycles. The van der Waals surface area contributed by atoms with Gasteiger partial charge < -0.3 is 0 Å². The normalized spacial score (nSPS) is 15.0. The number of ketones is 1. The lowest BCUT2D eigenvalue weighted by atomic mass is 10.0. The average molecular weight is 222 g/mol. The van der Waals surface area contributed by atoms with Gasteiger partial charge in [0.15, 0.2) is 5.78 Å². The van der Waals surface area contributed by atoms with Crippen molar-refractivity contribution in [2.24, 2.45) is 0 Å². The van der Waals surface area contributed by atoms with Crippen LogP contribution in [0.15, 0.2) is 29.8 Å². The van der Waals surface area contributed by atoms with Gasteiger partial charge >= 0.3 is 0 Å². The molecule has 1 aromatic carbocycles. The third-order valence-corrected chi connectivity index (χ3v) is 2.76. The number of allylic oxidation sites excluding steroid dienone is 2. The van der Waals surface area contributed by atoms with Crippen LogP contribution in [0.5, 0.6) is 0 Å². The molecule has 0 amide bonds. The fourth-order valence-electron chi connectivity index (χ4n) is 1.89. The largest absolute Gasteiger partial charge is 0.294 e. The Morgan fingerprint density at radius 2 is 2.12 bits per heavy atom. The highest BCUT2D eigenvalue weighted by Gasteiger charge is 2.15. The smallest absolute Gasteiger partial charge is 0.163 e. The fourth-order valence-corrected chi connectivity index (χ4v) is 1.89. The number of benzene rings is 1. The van der Waals surface area contributed by atoms with Gasteiger partial charge in [-0.15, -0.1) is 0 Å². The zero-order valence-corrected chi connectivity index (χ0v) is 8.80. The first-order chi connectivity index (χ1) is 7.66. The second kappa shape index (κ2) is 4.56. The van der Waals surface area contributed by atoms with E-state index in [-0.39, 0.29) is 17.8 Å². The van der Waals surface area contributed by atoms with Crippen molar-refractivity contribution in [2.45, 2.75) is 25.7 Å². The lowest BCUT2D eigenvalue weighted by molar-refractivity contribution is -0.115. The quantitative estimate of drug-likeness (QED) is 0.767. The summed E-state index contributed by atoms with van der Waals surface area (Å²) in [7, 11) is 0. The maximum absolute atomic E-state index is 13.3. The highest BCUT2D eigenvalue weighted by atomic mass is 19.1. The number of hydrogen-bond acceptors (Lipinski definition) is 1. The summed E-state index contributed by atoms with van der Waals surface area (Å²) in [5.41, 5.74) is 0.890. The van der Waals surface area contributed by atoms with E-state index in [4.69, 9.17) is 0 Å². The van der Waals surface area contributed by atoms with Crippen LogP contribution in [0, 0.1) is 11.6 Å². The van der Waals surface area contributed by atoms with Gasteiger partial charge in [0.1, 0.15) is 11.6 Å². The molecule has 3 heteroatoms. The van der Waals surface area contributed by atoms with Crippen molar-refractivity contribution in [2.75, 3.05) is 0 Å². The first-order valence-corrected chi connectivity index (χ1v) is 5.33. The summed E-state index contributed by atoms with van der Waals surface area (Å²) < 4.78 is 26.2. The zero-order chi connectivity index (χ0) is 11.5. The monoisotopic (exact) mass is 222 g/mol. The Hall–Kier alpha value is -1.51. The Bertz CT molecular complexity index is 449. The number of hydrogen-bond donors (Lipinski definition) is 0. The van der Waals surface area contributed by atoms with Crippen LogP contribution < -0.4 is 0 Å². The summed E-state index contributed by atoms with van der Waals surface area (Å²) in [5, 5.41) is 0. The first-order valence-electron chi connectivity index (χ1n) is 5.33. The molecule has 0 spiro atoms. The Balaban J connectivity index is 2.14. The van der Waals surface area contributed by atoms with Crippen LogP contribution >= 0.6 is 0 Å². The average Bonchev–Trinajstić information content (AvgIpc) is 2.76. The van der Waals surface area contributed by atoms with Gasteiger partial charge in [0.05, 0.1) is 0 Å². The van der Waals surface area contributed by atoms with Gasteiger partial charge in [-0.2, -0.15) is 0 Å². The molecule has 1 aliphatic carbocycles. The van der Waals surface area contributed by atoms with Crippen molar-refractivity contribution in [1.82, 2.24) is 0 Å². The van der Waals surface area contributed by atoms with Gasteiger partial charge in [-0.25, -0.2) is 8.78 Å². The minimum atomic E-state index is -0.520. The molecule has 0 saturated heterocycles. The molecule has 0 fully saturated rings. The van der Waals surface area contributed by atoms with E-state index in [1.54, 1.807) is 0 Å². The molecular formula is C13H12F2O. The van der Waals surface area contributed by atoms with Crippen molar-refractivity contribution in [1.29, 1.82) is 0 Å². The van der Waals surface area contributed by atoms with Crippen LogP contribution in [0.3, 0.4) is 0 Å². The maximum Gasteiger partial charge on any atom is 0.163 e. The minimum Gasteiger partial charge on any atom is -0.294 e. The van der Waals surface area contributed by atoms with E-state index in [1.165, 1.54) is 0 Å². The van der Waals surface area contributed by atoms with Gasteiger partial charge in [0.2, 0.25) is 0 Å². The summed E-state index contributed by atoms with van der Waals surface area (Å²) in [6.07, 6.45) is 4.49. The zero-order valence-electron chi connectivity index (χ0n) is 8.80. The fraction of sp³-hybridized carbons (Fsp3) is 0.308. The summed E-state index contributed by atoms with van der Waals surface area (Å²) in [4.78, 5) is 11.7. The van der Waals surface area contributed by atoms with Crippen LogP contribution in [-0.2, 0) is 11.2 Å². The van der Waals surface area contributed by atoms with Crippen LogP contribution in [-0.4, -0.2) is 5.78 Å². The highest BCUT2D eigenvalue weighted by Crippen LogP contribution is 2.21.